The molecule has 0 atom stereocenters. The van der Waals surface area contributed by atoms with Crippen LogP contribution in [-0.4, -0.2) is 46.3 Å². The Balaban J connectivity index is 1.66. The van der Waals surface area contributed by atoms with Crippen molar-refractivity contribution >= 4 is 17.2 Å². The van der Waals surface area contributed by atoms with Gasteiger partial charge < -0.3 is 14.2 Å². The summed E-state index contributed by atoms with van der Waals surface area (Å²) in [4.78, 5) is 14.2. The van der Waals surface area contributed by atoms with Gasteiger partial charge in [-0.1, -0.05) is 23.5 Å². The van der Waals surface area contributed by atoms with Crippen LogP contribution in [0.2, 0.25) is 0 Å². The number of benzene rings is 1. The lowest BCUT2D eigenvalue weighted by molar-refractivity contribution is 0.0745. The van der Waals surface area contributed by atoms with E-state index in [0.717, 1.165) is 22.7 Å². The van der Waals surface area contributed by atoms with Crippen molar-refractivity contribution in [1.29, 1.82) is 0 Å². The van der Waals surface area contributed by atoms with Gasteiger partial charge in [-0.2, -0.15) is 0 Å². The van der Waals surface area contributed by atoms with Gasteiger partial charge in [0.15, 0.2) is 16.5 Å². The molecule has 0 saturated heterocycles. The molecule has 0 bridgehead atoms. The lowest BCUT2D eigenvalue weighted by atomic mass is 10.2. The highest BCUT2D eigenvalue weighted by molar-refractivity contribution is 7.14. The lowest BCUT2D eigenvalue weighted by Gasteiger charge is -2.24. The number of hydrogen-bond acceptors (Lipinski definition) is 5. The molecule has 0 radical (unpaired) electrons. The summed E-state index contributed by atoms with van der Waals surface area (Å²) < 4.78 is 20.5. The molecule has 1 aliphatic rings. The summed E-state index contributed by atoms with van der Waals surface area (Å²) in [6.07, 6.45) is 2.48. The topological polar surface area (TPSA) is 60.3 Å². The van der Waals surface area contributed by atoms with Crippen molar-refractivity contribution in [1.82, 2.24) is 19.7 Å². The molecule has 0 N–H and O–H groups in total. The van der Waals surface area contributed by atoms with Gasteiger partial charge in [-0.3, -0.25) is 4.79 Å². The Morgan fingerprint density at radius 2 is 2.00 bits per heavy atom. The molecule has 0 fully saturated rings. The zero-order valence-corrected chi connectivity index (χ0v) is 15.2. The first-order valence-electron chi connectivity index (χ1n) is 8.16. The largest absolute Gasteiger partial charge is 0.494 e. The molecule has 8 heteroatoms. The molecule has 2 aromatic heterocycles. The summed E-state index contributed by atoms with van der Waals surface area (Å²) in [5.41, 5.74) is 2.29. The summed E-state index contributed by atoms with van der Waals surface area (Å²) in [5, 5.41) is 10.0. The van der Waals surface area contributed by atoms with Gasteiger partial charge in [-0.25, -0.2) is 4.39 Å². The number of carbonyl (C=O) groups is 1. The lowest BCUT2D eigenvalue weighted by Crippen LogP contribution is -2.36. The summed E-state index contributed by atoms with van der Waals surface area (Å²) in [6, 6.07) is 6.35. The Morgan fingerprint density at radius 1 is 1.23 bits per heavy atom. The molecule has 134 valence electrons. The second kappa shape index (κ2) is 6.53. The van der Waals surface area contributed by atoms with Gasteiger partial charge in [0.1, 0.15) is 10.8 Å². The first-order chi connectivity index (χ1) is 12.6. The average molecular weight is 372 g/mol. The van der Waals surface area contributed by atoms with E-state index in [-0.39, 0.29) is 11.7 Å². The van der Waals surface area contributed by atoms with Gasteiger partial charge in [0, 0.05) is 32.8 Å². The van der Waals surface area contributed by atoms with Crippen molar-refractivity contribution in [3.05, 3.63) is 52.5 Å². The van der Waals surface area contributed by atoms with E-state index in [1.807, 2.05) is 10.8 Å². The number of hydrogen-bond donors (Lipinski definition) is 0. The van der Waals surface area contributed by atoms with Crippen molar-refractivity contribution in [3.8, 4) is 16.3 Å². The number of ether oxygens (including phenoxy) is 1. The fraction of sp³-hybridized carbons (Fsp3) is 0.278. The van der Waals surface area contributed by atoms with Crippen molar-refractivity contribution in [2.24, 2.45) is 0 Å². The number of aromatic nitrogens is 3. The fourth-order valence-electron chi connectivity index (χ4n) is 3.04. The van der Waals surface area contributed by atoms with Crippen LogP contribution in [0.5, 0.6) is 5.75 Å². The quantitative estimate of drug-likeness (QED) is 0.707. The van der Waals surface area contributed by atoms with Crippen LogP contribution < -0.4 is 4.74 Å². The minimum Gasteiger partial charge on any atom is -0.494 e. The zero-order valence-electron chi connectivity index (χ0n) is 14.4. The minimum atomic E-state index is -0.259. The highest BCUT2D eigenvalue weighted by Gasteiger charge is 2.30. The van der Waals surface area contributed by atoms with Crippen LogP contribution in [0.25, 0.3) is 10.6 Å². The van der Waals surface area contributed by atoms with Crippen molar-refractivity contribution in [3.63, 3.8) is 0 Å². The molecule has 4 rings (SSSR count). The first-order valence-corrected chi connectivity index (χ1v) is 8.98. The molecular weight excluding hydrogens is 355 g/mol. The highest BCUT2D eigenvalue weighted by Crippen LogP contribution is 2.38. The molecule has 0 aliphatic carbocycles. The van der Waals surface area contributed by atoms with Crippen LogP contribution in [0.4, 0.5) is 4.39 Å². The third-order valence-corrected chi connectivity index (χ3v) is 5.38. The fourth-order valence-corrected chi connectivity index (χ4v) is 3.92. The zero-order chi connectivity index (χ0) is 18.3. The maximum Gasteiger partial charge on any atom is 0.274 e. The number of halogens is 1. The normalized spacial score (nSPS) is 13.8. The third kappa shape index (κ3) is 2.86. The highest BCUT2D eigenvalue weighted by atomic mass is 32.1. The standard InChI is InChI=1S/C18H17FN4O2S/c1-22-7-8-23-10-13(16(25-2)15(23)18(22)24)17-21-20-14(26-17)9-11-3-5-12(19)6-4-11/h3-6,10H,7-9H2,1-2H3. The number of likely N-dealkylation sites (N-methyl/N-ethyl adjacent to an activating group) is 1. The van der Waals surface area contributed by atoms with Crippen molar-refractivity contribution < 1.29 is 13.9 Å². The van der Waals surface area contributed by atoms with Gasteiger partial charge in [0.25, 0.3) is 5.91 Å². The maximum absolute atomic E-state index is 13.0. The summed E-state index contributed by atoms with van der Waals surface area (Å²) in [7, 11) is 3.34. The predicted molar refractivity (Wildman–Crippen MR) is 96.1 cm³/mol. The van der Waals surface area contributed by atoms with Gasteiger partial charge in [0.2, 0.25) is 0 Å². The molecule has 1 aliphatic heterocycles. The Morgan fingerprint density at radius 3 is 2.73 bits per heavy atom. The number of methoxy groups -OCH3 is 1. The predicted octanol–water partition coefficient (Wildman–Crippen LogP) is 2.83. The smallest absolute Gasteiger partial charge is 0.274 e. The van der Waals surface area contributed by atoms with Crippen LogP contribution in [0.3, 0.4) is 0 Å². The van der Waals surface area contributed by atoms with E-state index in [2.05, 4.69) is 10.2 Å². The Kier molecular flexibility index (Phi) is 4.20. The van der Waals surface area contributed by atoms with E-state index in [1.54, 1.807) is 31.2 Å². The molecular formula is C18H17FN4O2S. The van der Waals surface area contributed by atoms with E-state index >= 15 is 0 Å². The summed E-state index contributed by atoms with van der Waals surface area (Å²) >= 11 is 1.45. The molecule has 0 unspecified atom stereocenters. The summed E-state index contributed by atoms with van der Waals surface area (Å²) in [5.74, 6) is 0.215. The van der Waals surface area contributed by atoms with E-state index < -0.39 is 0 Å². The molecule has 26 heavy (non-hydrogen) atoms. The molecule has 3 heterocycles. The van der Waals surface area contributed by atoms with E-state index in [1.165, 1.54) is 23.5 Å². The second-order valence-electron chi connectivity index (χ2n) is 6.15. The Hall–Kier alpha value is -2.74. The molecule has 1 aromatic carbocycles. The van der Waals surface area contributed by atoms with Crippen LogP contribution in [-0.2, 0) is 13.0 Å². The van der Waals surface area contributed by atoms with Crippen molar-refractivity contribution in [2.45, 2.75) is 13.0 Å². The average Bonchev–Trinajstić information content (AvgIpc) is 3.24. The maximum atomic E-state index is 13.0. The van der Waals surface area contributed by atoms with Gasteiger partial charge in [-0.15, -0.1) is 10.2 Å². The number of nitrogens with zero attached hydrogens (tertiary/aromatic N) is 4. The number of amides is 1. The number of rotatable bonds is 4. The molecule has 0 saturated carbocycles. The molecule has 0 spiro atoms. The number of carbonyl (C=O) groups excluding carboxylic acids is 1. The van der Waals surface area contributed by atoms with Crippen molar-refractivity contribution in [2.75, 3.05) is 20.7 Å². The minimum absolute atomic E-state index is 0.0598. The van der Waals surface area contributed by atoms with Gasteiger partial charge in [-0.05, 0) is 17.7 Å². The van der Waals surface area contributed by atoms with Crippen LogP contribution in [0, 0.1) is 5.82 Å². The Bertz CT molecular complexity index is 964. The number of fused-ring (bicyclic) bond motifs is 1. The van der Waals surface area contributed by atoms with Crippen LogP contribution in [0.1, 0.15) is 21.1 Å². The molecule has 1 amide bonds. The first kappa shape index (κ1) is 16.7. The SMILES string of the molecule is COc1c(-c2nnc(Cc3ccc(F)cc3)s2)cn2c1C(=O)N(C)CC2. The third-order valence-electron chi connectivity index (χ3n) is 4.43. The van der Waals surface area contributed by atoms with E-state index in [4.69, 9.17) is 4.74 Å². The van der Waals surface area contributed by atoms with Crippen LogP contribution >= 0.6 is 11.3 Å². The Labute approximate surface area is 153 Å². The molecule has 6 nitrogen and oxygen atoms in total. The summed E-state index contributed by atoms with van der Waals surface area (Å²) in [6.45, 7) is 1.38. The van der Waals surface area contributed by atoms with E-state index in [0.29, 0.717) is 29.4 Å². The van der Waals surface area contributed by atoms with Gasteiger partial charge in [0.05, 0.1) is 12.7 Å². The van der Waals surface area contributed by atoms with Gasteiger partial charge >= 0.3 is 0 Å². The molecule has 3 aromatic rings. The second-order valence-corrected chi connectivity index (χ2v) is 7.21. The monoisotopic (exact) mass is 372 g/mol. The van der Waals surface area contributed by atoms with Crippen LogP contribution in [0.15, 0.2) is 30.5 Å². The van der Waals surface area contributed by atoms with E-state index in [9.17, 15) is 9.18 Å².